The van der Waals surface area contributed by atoms with Gasteiger partial charge in [-0.05, 0) is 34.6 Å². The van der Waals surface area contributed by atoms with Gasteiger partial charge in [-0.1, -0.05) is 5.16 Å². The van der Waals surface area contributed by atoms with Gasteiger partial charge in [0.2, 0.25) is 0 Å². The second-order valence-corrected chi connectivity index (χ2v) is 6.09. The van der Waals surface area contributed by atoms with E-state index in [1.807, 2.05) is 27.7 Å². The Balaban J connectivity index is 2.26. The van der Waals surface area contributed by atoms with Crippen molar-refractivity contribution in [2.24, 2.45) is 0 Å². The van der Waals surface area contributed by atoms with Gasteiger partial charge in [-0.3, -0.25) is 4.79 Å². The topological polar surface area (TPSA) is 81.8 Å². The second-order valence-electron chi connectivity index (χ2n) is 6.09. The molecule has 0 amide bonds. The van der Waals surface area contributed by atoms with E-state index in [4.69, 9.17) is 18.9 Å². The molecule has 2 rings (SSSR count). The monoisotopic (exact) mass is 281 g/mol. The van der Waals surface area contributed by atoms with Crippen LogP contribution in [0.15, 0.2) is 4.52 Å². The summed E-state index contributed by atoms with van der Waals surface area (Å²) >= 11 is 0. The van der Waals surface area contributed by atoms with Gasteiger partial charge in [-0.15, -0.1) is 0 Å². The molecule has 0 bridgehead atoms. The summed E-state index contributed by atoms with van der Waals surface area (Å²) in [5, 5.41) is 12.7. The number of aliphatic carboxylic acids is 1. The van der Waals surface area contributed by atoms with Gasteiger partial charge in [-0.2, -0.15) is 0 Å². The van der Waals surface area contributed by atoms with Gasteiger partial charge in [-0.25, -0.2) is 0 Å². The first-order valence-electron chi connectivity index (χ1n) is 6.66. The van der Waals surface area contributed by atoms with Crippen molar-refractivity contribution in [1.82, 2.24) is 5.16 Å². The van der Waals surface area contributed by atoms with Gasteiger partial charge in [0.25, 0.3) is 0 Å². The molecule has 0 radical (unpaired) electrons. The third kappa shape index (κ3) is 2.60. The molecule has 1 aliphatic rings. The summed E-state index contributed by atoms with van der Waals surface area (Å²) in [5.74, 6) is -0.359. The van der Waals surface area contributed by atoms with E-state index in [-0.39, 0.29) is 12.8 Å². The summed E-state index contributed by atoms with van der Waals surface area (Å²) in [5.41, 5.74) is 0.477. The molecule has 1 saturated heterocycles. The van der Waals surface area contributed by atoms with Crippen LogP contribution in [0, 0.1) is 6.92 Å². The molecular formula is C13H20BNO5. The van der Waals surface area contributed by atoms with Crippen LogP contribution in [0.25, 0.3) is 0 Å². The van der Waals surface area contributed by atoms with E-state index in [0.29, 0.717) is 16.9 Å². The number of nitrogens with zero attached hydrogens (tertiary/aromatic N) is 1. The van der Waals surface area contributed by atoms with E-state index >= 15 is 0 Å². The highest BCUT2D eigenvalue weighted by Gasteiger charge is 2.53. The molecule has 20 heavy (non-hydrogen) atoms. The zero-order chi connectivity index (χ0) is 15.1. The Morgan fingerprint density at radius 1 is 1.25 bits per heavy atom. The number of hydrogen-bond acceptors (Lipinski definition) is 5. The van der Waals surface area contributed by atoms with Crippen LogP contribution in [0.2, 0.25) is 0 Å². The predicted molar refractivity (Wildman–Crippen MR) is 72.9 cm³/mol. The average molecular weight is 281 g/mol. The van der Waals surface area contributed by atoms with Gasteiger partial charge in [0, 0.05) is 11.9 Å². The van der Waals surface area contributed by atoms with Crippen LogP contribution in [0.1, 0.15) is 45.6 Å². The van der Waals surface area contributed by atoms with E-state index in [0.717, 1.165) is 0 Å². The standard InChI is InChI=1S/C13H20BNO5/c1-8-11(9(18-15-8)6-7-10(16)17)14-19-12(2,3)13(4,5)20-14/h6-7H2,1-5H3,(H,16,17). The highest BCUT2D eigenvalue weighted by atomic mass is 16.7. The van der Waals surface area contributed by atoms with E-state index in [9.17, 15) is 4.79 Å². The number of aryl methyl sites for hydroxylation is 2. The maximum Gasteiger partial charge on any atom is 0.500 e. The highest BCUT2D eigenvalue weighted by molar-refractivity contribution is 6.63. The summed E-state index contributed by atoms with van der Waals surface area (Å²) in [6.45, 7) is 9.66. The molecule has 0 spiro atoms. The zero-order valence-electron chi connectivity index (χ0n) is 12.5. The summed E-state index contributed by atoms with van der Waals surface area (Å²) < 4.78 is 17.2. The first kappa shape index (κ1) is 15.1. The largest absolute Gasteiger partial charge is 0.500 e. The zero-order valence-corrected chi connectivity index (χ0v) is 12.5. The van der Waals surface area contributed by atoms with Crippen LogP contribution in [0.4, 0.5) is 0 Å². The lowest BCUT2D eigenvalue weighted by Crippen LogP contribution is -2.41. The van der Waals surface area contributed by atoms with Crippen LogP contribution in [-0.2, 0) is 20.5 Å². The van der Waals surface area contributed by atoms with Crippen LogP contribution in [0.3, 0.4) is 0 Å². The van der Waals surface area contributed by atoms with E-state index in [1.165, 1.54) is 0 Å². The SMILES string of the molecule is Cc1noc(CCC(=O)O)c1B1OC(C)(C)C(C)(C)O1. The summed E-state index contributed by atoms with van der Waals surface area (Å²) in [6.07, 6.45) is 0.261. The molecule has 110 valence electrons. The molecule has 0 atom stereocenters. The smallest absolute Gasteiger partial charge is 0.481 e. The Bertz CT molecular complexity index is 507. The summed E-state index contributed by atoms with van der Waals surface area (Å²) in [7, 11) is -0.574. The molecule has 0 unspecified atom stereocenters. The van der Waals surface area contributed by atoms with E-state index < -0.39 is 24.3 Å². The predicted octanol–water partition coefficient (Wildman–Crippen LogP) is 1.30. The molecule has 1 aromatic rings. The number of aromatic nitrogens is 1. The molecule has 2 heterocycles. The minimum Gasteiger partial charge on any atom is -0.481 e. The normalized spacial score (nSPS) is 20.4. The van der Waals surface area contributed by atoms with E-state index in [2.05, 4.69) is 5.16 Å². The van der Waals surface area contributed by atoms with Crippen molar-refractivity contribution in [1.29, 1.82) is 0 Å². The van der Waals surface area contributed by atoms with Crippen molar-refractivity contribution in [3.63, 3.8) is 0 Å². The maximum atomic E-state index is 10.7. The molecule has 6 nitrogen and oxygen atoms in total. The van der Waals surface area contributed by atoms with Gasteiger partial charge in [0.05, 0.1) is 23.3 Å². The fourth-order valence-electron chi connectivity index (χ4n) is 2.09. The Morgan fingerprint density at radius 2 is 1.80 bits per heavy atom. The van der Waals surface area contributed by atoms with Crippen molar-refractivity contribution in [3.05, 3.63) is 11.5 Å². The minimum absolute atomic E-state index is 0.0128. The molecule has 0 aliphatic carbocycles. The van der Waals surface area contributed by atoms with Crippen LogP contribution in [0.5, 0.6) is 0 Å². The van der Waals surface area contributed by atoms with Crippen molar-refractivity contribution in [3.8, 4) is 0 Å². The van der Waals surface area contributed by atoms with Gasteiger partial charge in [0.15, 0.2) is 0 Å². The number of carboxylic acids is 1. The second kappa shape index (κ2) is 4.89. The molecule has 1 fully saturated rings. The minimum atomic E-state index is -0.876. The van der Waals surface area contributed by atoms with Crippen LogP contribution >= 0.6 is 0 Å². The molecule has 0 saturated carbocycles. The van der Waals surface area contributed by atoms with Crippen molar-refractivity contribution < 1.29 is 23.7 Å². The molecule has 0 aromatic carbocycles. The van der Waals surface area contributed by atoms with Gasteiger partial charge in [0.1, 0.15) is 5.76 Å². The lowest BCUT2D eigenvalue weighted by molar-refractivity contribution is -0.137. The fourth-order valence-corrected chi connectivity index (χ4v) is 2.09. The third-order valence-electron chi connectivity index (χ3n) is 4.04. The number of carbonyl (C=O) groups is 1. The maximum absolute atomic E-state index is 10.7. The third-order valence-corrected chi connectivity index (χ3v) is 4.04. The Labute approximate surface area is 118 Å². The molecule has 1 aromatic heterocycles. The molecular weight excluding hydrogens is 261 g/mol. The summed E-state index contributed by atoms with van der Waals surface area (Å²) in [6, 6.07) is 0. The molecule has 7 heteroatoms. The first-order valence-corrected chi connectivity index (χ1v) is 6.66. The Hall–Kier alpha value is -1.34. The van der Waals surface area contributed by atoms with Gasteiger partial charge < -0.3 is 18.9 Å². The highest BCUT2D eigenvalue weighted by Crippen LogP contribution is 2.37. The lowest BCUT2D eigenvalue weighted by Gasteiger charge is -2.32. The number of carboxylic acid groups (broad SMARTS) is 1. The molecule has 1 aliphatic heterocycles. The van der Waals surface area contributed by atoms with Gasteiger partial charge >= 0.3 is 13.1 Å². The quantitative estimate of drug-likeness (QED) is 0.838. The Kier molecular flexibility index (Phi) is 3.68. The first-order chi connectivity index (χ1) is 9.14. The average Bonchev–Trinajstić information content (AvgIpc) is 2.74. The van der Waals surface area contributed by atoms with Crippen LogP contribution in [-0.4, -0.2) is 34.6 Å². The Morgan fingerprint density at radius 3 is 2.30 bits per heavy atom. The van der Waals surface area contributed by atoms with Crippen molar-refractivity contribution in [2.45, 2.75) is 58.7 Å². The lowest BCUT2D eigenvalue weighted by atomic mass is 9.76. The van der Waals surface area contributed by atoms with Crippen LogP contribution < -0.4 is 5.46 Å². The van der Waals surface area contributed by atoms with E-state index in [1.54, 1.807) is 6.92 Å². The number of rotatable bonds is 4. The number of hydrogen-bond donors (Lipinski definition) is 1. The van der Waals surface area contributed by atoms with Crippen molar-refractivity contribution in [2.75, 3.05) is 0 Å². The van der Waals surface area contributed by atoms with Crippen molar-refractivity contribution >= 4 is 18.6 Å². The summed E-state index contributed by atoms with van der Waals surface area (Å²) in [4.78, 5) is 10.7. The fraction of sp³-hybridized carbons (Fsp3) is 0.692. The molecule has 1 N–H and O–H groups in total.